The van der Waals surface area contributed by atoms with Gasteiger partial charge in [0.2, 0.25) is 5.43 Å². The summed E-state index contributed by atoms with van der Waals surface area (Å²) in [5.41, 5.74) is 1.75. The van der Waals surface area contributed by atoms with Crippen LogP contribution in [0.25, 0.3) is 21.9 Å². The van der Waals surface area contributed by atoms with E-state index >= 15 is 0 Å². The first-order chi connectivity index (χ1) is 15.0. The number of para-hydroxylation sites is 1. The number of hydrogen-bond acceptors (Lipinski definition) is 6. The van der Waals surface area contributed by atoms with Crippen LogP contribution in [0.3, 0.4) is 0 Å². The molecule has 0 amide bonds. The van der Waals surface area contributed by atoms with Gasteiger partial charge in [0.05, 0.1) is 24.7 Å². The van der Waals surface area contributed by atoms with Gasteiger partial charge in [-0.05, 0) is 36.2 Å². The summed E-state index contributed by atoms with van der Waals surface area (Å²) in [5.74, 6) is -0.456. The molecule has 8 heteroatoms. The molecule has 158 valence electrons. The number of fused-ring (bicyclic) bond motifs is 2. The lowest BCUT2D eigenvalue weighted by Gasteiger charge is -2.11. The Morgan fingerprint density at radius 2 is 1.94 bits per heavy atom. The molecule has 0 bridgehead atoms. The van der Waals surface area contributed by atoms with E-state index in [0.29, 0.717) is 38.9 Å². The SMILES string of the molecule is CCc1cc2oc(=O)cc(COC(=O)CCn3ncc(=O)c4ccccc43)c2cc1Cl. The predicted octanol–water partition coefficient (Wildman–Crippen LogP) is 3.85. The maximum atomic E-state index is 12.3. The predicted molar refractivity (Wildman–Crippen MR) is 117 cm³/mol. The molecule has 0 spiro atoms. The molecule has 0 unspecified atom stereocenters. The highest BCUT2D eigenvalue weighted by Gasteiger charge is 2.12. The summed E-state index contributed by atoms with van der Waals surface area (Å²) in [7, 11) is 0. The van der Waals surface area contributed by atoms with Crippen molar-refractivity contribution in [3.05, 3.63) is 85.5 Å². The third-order valence-electron chi connectivity index (χ3n) is 5.06. The topological polar surface area (TPSA) is 91.4 Å². The van der Waals surface area contributed by atoms with E-state index in [2.05, 4.69) is 5.10 Å². The summed E-state index contributed by atoms with van der Waals surface area (Å²) in [6, 6.07) is 11.8. The van der Waals surface area contributed by atoms with Gasteiger partial charge in [-0.15, -0.1) is 0 Å². The van der Waals surface area contributed by atoms with Gasteiger partial charge in [-0.1, -0.05) is 30.7 Å². The van der Waals surface area contributed by atoms with Gasteiger partial charge in [0.15, 0.2) is 0 Å². The fraction of sp³-hybridized carbons (Fsp3) is 0.217. The molecule has 4 aromatic rings. The zero-order chi connectivity index (χ0) is 22.0. The van der Waals surface area contributed by atoms with Crippen molar-refractivity contribution in [3.63, 3.8) is 0 Å². The van der Waals surface area contributed by atoms with Crippen molar-refractivity contribution in [3.8, 4) is 0 Å². The van der Waals surface area contributed by atoms with Crippen LogP contribution in [0.15, 0.2) is 62.7 Å². The summed E-state index contributed by atoms with van der Waals surface area (Å²) in [6.07, 6.45) is 1.99. The first kappa shape index (κ1) is 20.8. The number of benzene rings is 2. The second-order valence-corrected chi connectivity index (χ2v) is 7.45. The molecule has 0 fully saturated rings. The minimum atomic E-state index is -0.521. The standard InChI is InChI=1S/C23H19ClN2O5/c1-2-14-9-21-17(11-18(14)24)15(10-23(29)31-21)13-30-22(28)7-8-26-19-6-4-3-5-16(19)20(27)12-25-26/h3-6,9-12H,2,7-8,13H2,1H3. The van der Waals surface area contributed by atoms with Crippen LogP contribution in [0.4, 0.5) is 0 Å². The summed E-state index contributed by atoms with van der Waals surface area (Å²) in [5, 5.41) is 5.83. The van der Waals surface area contributed by atoms with Gasteiger partial charge < -0.3 is 9.15 Å². The smallest absolute Gasteiger partial charge is 0.336 e. The highest BCUT2D eigenvalue weighted by Crippen LogP contribution is 2.26. The Balaban J connectivity index is 1.49. The van der Waals surface area contributed by atoms with E-state index in [4.69, 9.17) is 20.8 Å². The van der Waals surface area contributed by atoms with Gasteiger partial charge in [-0.25, -0.2) is 4.79 Å². The highest BCUT2D eigenvalue weighted by atomic mass is 35.5. The normalized spacial score (nSPS) is 11.2. The summed E-state index contributed by atoms with van der Waals surface area (Å²) in [4.78, 5) is 36.2. The molecule has 4 rings (SSSR count). The van der Waals surface area contributed by atoms with Crippen molar-refractivity contribution < 1.29 is 13.9 Å². The van der Waals surface area contributed by atoms with Gasteiger partial charge in [-0.3, -0.25) is 14.3 Å². The zero-order valence-electron chi connectivity index (χ0n) is 16.8. The monoisotopic (exact) mass is 438 g/mol. The van der Waals surface area contributed by atoms with Gasteiger partial charge in [-0.2, -0.15) is 5.10 Å². The Hall–Kier alpha value is -3.45. The Morgan fingerprint density at radius 1 is 1.13 bits per heavy atom. The maximum Gasteiger partial charge on any atom is 0.336 e. The Bertz CT molecular complexity index is 1410. The first-order valence-electron chi connectivity index (χ1n) is 9.82. The van der Waals surface area contributed by atoms with E-state index in [9.17, 15) is 14.4 Å². The van der Waals surface area contributed by atoms with Crippen LogP contribution in [0.2, 0.25) is 5.02 Å². The fourth-order valence-corrected chi connectivity index (χ4v) is 3.74. The van der Waals surface area contributed by atoms with Crippen LogP contribution in [-0.4, -0.2) is 15.7 Å². The number of ether oxygens (including phenoxy) is 1. The number of carbonyl (C=O) groups is 1. The molecule has 0 N–H and O–H groups in total. The average Bonchev–Trinajstić information content (AvgIpc) is 2.77. The lowest BCUT2D eigenvalue weighted by Crippen LogP contribution is -2.15. The van der Waals surface area contributed by atoms with E-state index < -0.39 is 11.6 Å². The fourth-order valence-electron chi connectivity index (χ4n) is 3.45. The summed E-state index contributed by atoms with van der Waals surface area (Å²) >= 11 is 6.29. The number of rotatable bonds is 6. The number of hydrogen-bond donors (Lipinski definition) is 0. The van der Waals surface area contributed by atoms with Crippen molar-refractivity contribution in [1.29, 1.82) is 0 Å². The number of aryl methyl sites for hydroxylation is 2. The van der Waals surface area contributed by atoms with Crippen molar-refractivity contribution in [2.75, 3.05) is 0 Å². The van der Waals surface area contributed by atoms with Gasteiger partial charge in [0.1, 0.15) is 12.2 Å². The number of esters is 1. The molecule has 0 aliphatic carbocycles. The summed E-state index contributed by atoms with van der Waals surface area (Å²) in [6.45, 7) is 2.13. The van der Waals surface area contributed by atoms with Crippen LogP contribution in [0.5, 0.6) is 0 Å². The molecule has 0 radical (unpaired) electrons. The molecule has 2 aromatic carbocycles. The number of halogens is 1. The van der Waals surface area contributed by atoms with Crippen LogP contribution < -0.4 is 11.1 Å². The third-order valence-corrected chi connectivity index (χ3v) is 5.41. The molecule has 0 atom stereocenters. The lowest BCUT2D eigenvalue weighted by molar-refractivity contribution is -0.145. The zero-order valence-corrected chi connectivity index (χ0v) is 17.5. The minimum absolute atomic E-state index is 0.0555. The van der Waals surface area contributed by atoms with E-state index in [1.165, 1.54) is 12.3 Å². The van der Waals surface area contributed by atoms with E-state index in [0.717, 1.165) is 5.56 Å². The molecule has 0 aliphatic heterocycles. The number of nitrogens with zero attached hydrogens (tertiary/aromatic N) is 2. The molecular weight excluding hydrogens is 420 g/mol. The average molecular weight is 439 g/mol. The highest BCUT2D eigenvalue weighted by molar-refractivity contribution is 6.32. The van der Waals surface area contributed by atoms with Crippen LogP contribution >= 0.6 is 11.6 Å². The third kappa shape index (κ3) is 4.36. The van der Waals surface area contributed by atoms with Gasteiger partial charge >= 0.3 is 11.6 Å². The Labute approximate surface area is 181 Å². The van der Waals surface area contributed by atoms with Gasteiger partial charge in [0.25, 0.3) is 0 Å². The first-order valence-corrected chi connectivity index (χ1v) is 10.2. The molecule has 7 nitrogen and oxygen atoms in total. The second-order valence-electron chi connectivity index (χ2n) is 7.04. The number of aromatic nitrogens is 2. The van der Waals surface area contributed by atoms with Crippen LogP contribution in [-0.2, 0) is 29.1 Å². The number of carbonyl (C=O) groups excluding carboxylic acids is 1. The molecule has 0 aliphatic rings. The summed E-state index contributed by atoms with van der Waals surface area (Å²) < 4.78 is 12.2. The largest absolute Gasteiger partial charge is 0.461 e. The minimum Gasteiger partial charge on any atom is -0.461 e. The molecular formula is C23H19ClN2O5. The van der Waals surface area contributed by atoms with Gasteiger partial charge in [0, 0.05) is 27.4 Å². The molecule has 31 heavy (non-hydrogen) atoms. The van der Waals surface area contributed by atoms with Crippen molar-refractivity contribution in [2.24, 2.45) is 0 Å². The lowest BCUT2D eigenvalue weighted by atomic mass is 10.1. The quantitative estimate of drug-likeness (QED) is 0.335. The maximum absolute atomic E-state index is 12.3. The van der Waals surface area contributed by atoms with E-state index in [-0.39, 0.29) is 25.0 Å². The molecule has 0 saturated heterocycles. The molecule has 2 aromatic heterocycles. The van der Waals surface area contributed by atoms with Crippen molar-refractivity contribution >= 4 is 39.4 Å². The van der Waals surface area contributed by atoms with Crippen LogP contribution in [0, 0.1) is 0 Å². The van der Waals surface area contributed by atoms with E-state index in [1.54, 1.807) is 41.1 Å². The van der Waals surface area contributed by atoms with Crippen molar-refractivity contribution in [1.82, 2.24) is 9.78 Å². The Kier molecular flexibility index (Phi) is 5.86. The molecule has 0 saturated carbocycles. The van der Waals surface area contributed by atoms with Crippen molar-refractivity contribution in [2.45, 2.75) is 32.9 Å². The van der Waals surface area contributed by atoms with Crippen LogP contribution in [0.1, 0.15) is 24.5 Å². The Morgan fingerprint density at radius 3 is 2.74 bits per heavy atom. The van der Waals surface area contributed by atoms with E-state index in [1.807, 2.05) is 6.92 Å². The second kappa shape index (κ2) is 8.73. The molecule has 2 heterocycles.